The zero-order valence-corrected chi connectivity index (χ0v) is 11.8. The van der Waals surface area contributed by atoms with Gasteiger partial charge in [-0.3, -0.25) is 14.9 Å². The molecule has 7 heteroatoms. The predicted octanol–water partition coefficient (Wildman–Crippen LogP) is 1.20. The molecule has 1 aromatic carbocycles. The molecule has 0 aliphatic heterocycles. The molecule has 0 aromatic heterocycles. The molecule has 7 nitrogen and oxygen atoms in total. The van der Waals surface area contributed by atoms with Gasteiger partial charge in [-0.25, -0.2) is 0 Å². The number of hydrogen-bond donors (Lipinski definition) is 2. The van der Waals surface area contributed by atoms with Crippen molar-refractivity contribution < 1.29 is 14.5 Å². The van der Waals surface area contributed by atoms with Gasteiger partial charge in [-0.2, -0.15) is 0 Å². The van der Waals surface area contributed by atoms with Gasteiger partial charge in [-0.15, -0.1) is 0 Å². The van der Waals surface area contributed by atoms with Gasteiger partial charge in [0.2, 0.25) is 5.91 Å². The number of nitro groups is 1. The summed E-state index contributed by atoms with van der Waals surface area (Å²) in [4.78, 5) is 21.5. The molecule has 20 heavy (non-hydrogen) atoms. The third-order valence-corrected chi connectivity index (χ3v) is 2.96. The minimum absolute atomic E-state index is 0.0321. The average Bonchev–Trinajstić information content (AvgIpc) is 2.37. The lowest BCUT2D eigenvalue weighted by Crippen LogP contribution is -2.40. The van der Waals surface area contributed by atoms with Crippen LogP contribution in [0.15, 0.2) is 18.2 Å². The molecule has 0 aliphatic rings. The molecule has 1 amide bonds. The molecule has 0 atom stereocenters. The number of methoxy groups -OCH3 is 1. The second kappa shape index (κ2) is 6.33. The number of carbonyl (C=O) groups excluding carboxylic acids is 1. The maximum absolute atomic E-state index is 11.2. The number of primary amides is 1. The standard InChI is InChI=1S/C13H19N3O4/c1-13(2,12(14)17)8-15-7-9-4-10(16(18)19)6-11(5-9)20-3/h4-6,15H,7-8H2,1-3H3,(H2,14,17). The Morgan fingerprint density at radius 1 is 1.45 bits per heavy atom. The van der Waals surface area contributed by atoms with Gasteiger partial charge in [-0.1, -0.05) is 0 Å². The number of hydrogen-bond acceptors (Lipinski definition) is 5. The second-order valence-corrected chi connectivity index (χ2v) is 5.15. The van der Waals surface area contributed by atoms with Gasteiger partial charge in [0, 0.05) is 19.2 Å². The van der Waals surface area contributed by atoms with E-state index in [1.54, 1.807) is 19.9 Å². The van der Waals surface area contributed by atoms with E-state index in [4.69, 9.17) is 10.5 Å². The molecule has 1 rings (SSSR count). The van der Waals surface area contributed by atoms with E-state index in [0.717, 1.165) is 0 Å². The Bertz CT molecular complexity index is 514. The van der Waals surface area contributed by atoms with Crippen molar-refractivity contribution in [1.29, 1.82) is 0 Å². The van der Waals surface area contributed by atoms with Crippen molar-refractivity contribution in [2.45, 2.75) is 20.4 Å². The lowest BCUT2D eigenvalue weighted by Gasteiger charge is -2.20. The largest absolute Gasteiger partial charge is 0.496 e. The number of amides is 1. The highest BCUT2D eigenvalue weighted by molar-refractivity contribution is 5.80. The molecular weight excluding hydrogens is 262 g/mol. The van der Waals surface area contributed by atoms with E-state index in [1.807, 2.05) is 0 Å². The molecule has 0 saturated heterocycles. The molecule has 0 bridgehead atoms. The van der Waals surface area contributed by atoms with Gasteiger partial charge in [0.15, 0.2) is 0 Å². The number of nitrogens with zero attached hydrogens (tertiary/aromatic N) is 1. The van der Waals surface area contributed by atoms with Crippen molar-refractivity contribution in [2.75, 3.05) is 13.7 Å². The van der Waals surface area contributed by atoms with Crippen molar-refractivity contribution in [2.24, 2.45) is 11.1 Å². The SMILES string of the molecule is COc1cc(CNCC(C)(C)C(N)=O)cc([N+](=O)[O-])c1. The Morgan fingerprint density at radius 2 is 2.10 bits per heavy atom. The third-order valence-electron chi connectivity index (χ3n) is 2.96. The van der Waals surface area contributed by atoms with Crippen LogP contribution in [-0.4, -0.2) is 24.5 Å². The Balaban J connectivity index is 2.75. The lowest BCUT2D eigenvalue weighted by atomic mass is 9.93. The number of carbonyl (C=O) groups is 1. The highest BCUT2D eigenvalue weighted by Gasteiger charge is 2.24. The molecule has 0 unspecified atom stereocenters. The topological polar surface area (TPSA) is 107 Å². The fourth-order valence-corrected chi connectivity index (χ4v) is 1.58. The number of non-ortho nitro benzene ring substituents is 1. The number of benzene rings is 1. The monoisotopic (exact) mass is 281 g/mol. The first-order chi connectivity index (χ1) is 9.26. The van der Waals surface area contributed by atoms with Gasteiger partial charge in [-0.05, 0) is 25.5 Å². The number of nitro benzene ring substituents is 1. The van der Waals surface area contributed by atoms with E-state index in [0.29, 0.717) is 24.4 Å². The Kier molecular flexibility index (Phi) is 5.04. The first-order valence-corrected chi connectivity index (χ1v) is 6.09. The van der Waals surface area contributed by atoms with Gasteiger partial charge in [0.1, 0.15) is 5.75 Å². The third kappa shape index (κ3) is 4.20. The molecule has 0 spiro atoms. The van der Waals surface area contributed by atoms with Gasteiger partial charge >= 0.3 is 0 Å². The predicted molar refractivity (Wildman–Crippen MR) is 74.3 cm³/mol. The van der Waals surface area contributed by atoms with Crippen LogP contribution in [0.3, 0.4) is 0 Å². The van der Waals surface area contributed by atoms with Crippen LogP contribution in [0, 0.1) is 15.5 Å². The summed E-state index contributed by atoms with van der Waals surface area (Å²) in [6, 6.07) is 4.53. The Labute approximate surface area is 117 Å². The van der Waals surface area contributed by atoms with Gasteiger partial charge in [0.25, 0.3) is 5.69 Å². The minimum Gasteiger partial charge on any atom is -0.496 e. The van der Waals surface area contributed by atoms with Crippen molar-refractivity contribution in [3.8, 4) is 5.75 Å². The molecule has 0 saturated carbocycles. The molecular formula is C13H19N3O4. The molecule has 110 valence electrons. The van der Waals surface area contributed by atoms with E-state index in [2.05, 4.69) is 5.32 Å². The summed E-state index contributed by atoms with van der Waals surface area (Å²) in [5.74, 6) is 0.0202. The summed E-state index contributed by atoms with van der Waals surface area (Å²) in [7, 11) is 1.45. The Hall–Kier alpha value is -2.15. The summed E-state index contributed by atoms with van der Waals surface area (Å²) in [6.07, 6.45) is 0. The molecule has 0 aliphatic carbocycles. The molecule has 0 fully saturated rings. The summed E-state index contributed by atoms with van der Waals surface area (Å²) >= 11 is 0. The quantitative estimate of drug-likeness (QED) is 0.577. The normalized spacial score (nSPS) is 11.2. The van der Waals surface area contributed by atoms with Crippen LogP contribution < -0.4 is 15.8 Å². The fraction of sp³-hybridized carbons (Fsp3) is 0.462. The van der Waals surface area contributed by atoms with Gasteiger partial charge in [0.05, 0.1) is 23.5 Å². The van der Waals surface area contributed by atoms with Crippen LogP contribution in [0.4, 0.5) is 5.69 Å². The number of ether oxygens (including phenoxy) is 1. The van der Waals surface area contributed by atoms with Crippen molar-refractivity contribution in [3.63, 3.8) is 0 Å². The van der Waals surface area contributed by atoms with Crippen LogP contribution in [0.2, 0.25) is 0 Å². The van der Waals surface area contributed by atoms with E-state index in [-0.39, 0.29) is 5.69 Å². The van der Waals surface area contributed by atoms with E-state index < -0.39 is 16.2 Å². The maximum Gasteiger partial charge on any atom is 0.273 e. The summed E-state index contributed by atoms with van der Waals surface area (Å²) in [5.41, 5.74) is 5.27. The first-order valence-electron chi connectivity index (χ1n) is 6.09. The smallest absolute Gasteiger partial charge is 0.273 e. The van der Waals surface area contributed by atoms with Crippen LogP contribution in [-0.2, 0) is 11.3 Å². The summed E-state index contributed by atoms with van der Waals surface area (Å²) < 4.78 is 5.02. The fourth-order valence-electron chi connectivity index (χ4n) is 1.58. The Morgan fingerprint density at radius 3 is 2.60 bits per heavy atom. The van der Waals surface area contributed by atoms with E-state index >= 15 is 0 Å². The van der Waals surface area contributed by atoms with Crippen LogP contribution in [0.25, 0.3) is 0 Å². The van der Waals surface area contributed by atoms with Crippen molar-refractivity contribution >= 4 is 11.6 Å². The van der Waals surface area contributed by atoms with E-state index in [1.165, 1.54) is 19.2 Å². The molecule has 3 N–H and O–H groups in total. The summed E-state index contributed by atoms with van der Waals surface area (Å²) in [5, 5.41) is 13.9. The second-order valence-electron chi connectivity index (χ2n) is 5.15. The average molecular weight is 281 g/mol. The minimum atomic E-state index is -0.676. The molecule has 0 heterocycles. The van der Waals surface area contributed by atoms with Crippen molar-refractivity contribution in [3.05, 3.63) is 33.9 Å². The highest BCUT2D eigenvalue weighted by Crippen LogP contribution is 2.22. The van der Waals surface area contributed by atoms with Crippen molar-refractivity contribution in [1.82, 2.24) is 5.32 Å². The lowest BCUT2D eigenvalue weighted by molar-refractivity contribution is -0.385. The molecule has 0 radical (unpaired) electrons. The highest BCUT2D eigenvalue weighted by atomic mass is 16.6. The zero-order valence-electron chi connectivity index (χ0n) is 11.8. The molecule has 1 aromatic rings. The van der Waals surface area contributed by atoms with E-state index in [9.17, 15) is 14.9 Å². The number of rotatable bonds is 7. The number of nitrogens with one attached hydrogen (secondary N) is 1. The zero-order chi connectivity index (χ0) is 15.3. The number of nitrogens with two attached hydrogens (primary N) is 1. The van der Waals surface area contributed by atoms with Crippen LogP contribution in [0.1, 0.15) is 19.4 Å². The first kappa shape index (κ1) is 15.9. The maximum atomic E-state index is 11.2. The van der Waals surface area contributed by atoms with Crippen LogP contribution in [0.5, 0.6) is 5.75 Å². The van der Waals surface area contributed by atoms with Crippen LogP contribution >= 0.6 is 0 Å². The van der Waals surface area contributed by atoms with Gasteiger partial charge < -0.3 is 15.8 Å². The summed E-state index contributed by atoms with van der Waals surface area (Å²) in [6.45, 7) is 4.23.